The largest absolute Gasteiger partial charge is 0.493 e. The van der Waals surface area contributed by atoms with Gasteiger partial charge in [-0.25, -0.2) is 0 Å². The van der Waals surface area contributed by atoms with Crippen molar-refractivity contribution in [3.8, 4) is 11.5 Å². The normalized spacial score (nSPS) is 16.1. The first-order valence-electron chi connectivity index (χ1n) is 11.3. The van der Waals surface area contributed by atoms with Crippen LogP contribution in [0.3, 0.4) is 0 Å². The first kappa shape index (κ1) is 25.8. The Labute approximate surface area is 223 Å². The van der Waals surface area contributed by atoms with Crippen LogP contribution in [0.1, 0.15) is 30.7 Å². The molecule has 1 saturated heterocycles. The molecule has 4 rings (SSSR count). The van der Waals surface area contributed by atoms with Crippen LogP contribution in [0.2, 0.25) is 0 Å². The molecule has 2 heterocycles. The zero-order valence-electron chi connectivity index (χ0n) is 20.2. The fourth-order valence-corrected chi connectivity index (χ4v) is 4.47. The van der Waals surface area contributed by atoms with Gasteiger partial charge in [0.05, 0.1) is 37.6 Å². The fraction of sp³-hybridized carbons (Fsp3) is 0.222. The zero-order valence-corrected chi connectivity index (χ0v) is 22.6. The lowest BCUT2D eigenvalue weighted by Gasteiger charge is -2.13. The summed E-state index contributed by atoms with van der Waals surface area (Å²) in [6.45, 7) is 5.02. The second-order valence-electron chi connectivity index (χ2n) is 8.38. The number of carbonyl (C=O) groups is 1. The molecule has 0 N–H and O–H groups in total. The average Bonchev–Trinajstić information content (AvgIpc) is 3.48. The van der Waals surface area contributed by atoms with Gasteiger partial charge < -0.3 is 13.9 Å². The number of hydrogen-bond acceptors (Lipinski definition) is 7. The van der Waals surface area contributed by atoms with Crippen molar-refractivity contribution in [3.63, 3.8) is 0 Å². The molecule has 0 atom stereocenters. The van der Waals surface area contributed by atoms with Crippen LogP contribution in [0.15, 0.2) is 84.9 Å². The van der Waals surface area contributed by atoms with Crippen molar-refractivity contribution in [1.82, 2.24) is 4.90 Å². The summed E-state index contributed by atoms with van der Waals surface area (Å²) in [6, 6.07) is 16.9. The summed E-state index contributed by atoms with van der Waals surface area (Å²) in [5.74, 6) is 2.16. The van der Waals surface area contributed by atoms with Gasteiger partial charge in [-0.2, -0.15) is 5.10 Å². The lowest BCUT2D eigenvalue weighted by Crippen LogP contribution is -2.28. The monoisotopic (exact) mass is 567 g/mol. The topological polar surface area (TPSA) is 76.6 Å². The number of rotatable bonds is 9. The quantitative estimate of drug-likeness (QED) is 0.165. The maximum atomic E-state index is 13.3. The highest BCUT2D eigenvalue weighted by Gasteiger charge is 2.34. The summed E-state index contributed by atoms with van der Waals surface area (Å²) in [7, 11) is 1.60. The van der Waals surface area contributed by atoms with E-state index in [1.54, 1.807) is 30.6 Å². The molecule has 2 aromatic carbocycles. The first-order chi connectivity index (χ1) is 17.4. The van der Waals surface area contributed by atoms with Crippen LogP contribution >= 0.6 is 27.7 Å². The number of methoxy groups -OCH3 is 1. The lowest BCUT2D eigenvalue weighted by molar-refractivity contribution is -0.122. The van der Waals surface area contributed by atoms with Gasteiger partial charge in [-0.05, 0) is 71.3 Å². The Morgan fingerprint density at radius 2 is 1.89 bits per heavy atom. The van der Waals surface area contributed by atoms with E-state index < -0.39 is 0 Å². The molecular weight excluding hydrogens is 542 g/mol. The summed E-state index contributed by atoms with van der Waals surface area (Å²) in [4.78, 5) is 15.4. The van der Waals surface area contributed by atoms with Crippen LogP contribution in [0.25, 0.3) is 6.08 Å². The van der Waals surface area contributed by atoms with Crippen LogP contribution in [0.5, 0.6) is 11.5 Å². The number of halogens is 1. The molecule has 0 saturated carbocycles. The Morgan fingerprint density at radius 1 is 1.11 bits per heavy atom. The van der Waals surface area contributed by atoms with Gasteiger partial charge in [0.25, 0.3) is 5.91 Å². The summed E-state index contributed by atoms with van der Waals surface area (Å²) in [5, 5.41) is 9.04. The second-order valence-corrected chi connectivity index (χ2v) is 10.3. The van der Waals surface area contributed by atoms with Crippen molar-refractivity contribution in [1.29, 1.82) is 0 Å². The number of benzene rings is 2. The average molecular weight is 568 g/mol. The SMILES string of the molecule is COc1cc(/C=C2\S/C(=N\N=C\c3ccc(Br)cc3)N(Cc3ccco3)C2=O)ccc1OCC(C)C. The van der Waals surface area contributed by atoms with Gasteiger partial charge in [-0.15, -0.1) is 5.10 Å². The number of nitrogens with zero attached hydrogens (tertiary/aromatic N) is 3. The van der Waals surface area contributed by atoms with E-state index in [0.29, 0.717) is 39.9 Å². The van der Waals surface area contributed by atoms with Crippen molar-refractivity contribution in [2.45, 2.75) is 20.4 Å². The zero-order chi connectivity index (χ0) is 25.5. The van der Waals surface area contributed by atoms with Gasteiger partial charge in [0, 0.05) is 4.47 Å². The fourth-order valence-electron chi connectivity index (χ4n) is 3.28. The van der Waals surface area contributed by atoms with Gasteiger partial charge in [0.15, 0.2) is 16.7 Å². The molecule has 0 spiro atoms. The molecule has 0 unspecified atom stereocenters. The van der Waals surface area contributed by atoms with Gasteiger partial charge >= 0.3 is 0 Å². The molecule has 1 aromatic heterocycles. The van der Waals surface area contributed by atoms with Crippen molar-refractivity contribution < 1.29 is 18.7 Å². The smallest absolute Gasteiger partial charge is 0.267 e. The maximum Gasteiger partial charge on any atom is 0.267 e. The highest BCUT2D eigenvalue weighted by atomic mass is 79.9. The molecule has 1 aliphatic heterocycles. The Bertz CT molecular complexity index is 1280. The number of ether oxygens (including phenoxy) is 2. The predicted molar refractivity (Wildman–Crippen MR) is 147 cm³/mol. The minimum absolute atomic E-state index is 0.173. The third kappa shape index (κ3) is 6.67. The van der Waals surface area contributed by atoms with E-state index in [2.05, 4.69) is 40.0 Å². The molecule has 1 aliphatic rings. The van der Waals surface area contributed by atoms with Crippen LogP contribution in [-0.4, -0.2) is 35.9 Å². The van der Waals surface area contributed by atoms with E-state index >= 15 is 0 Å². The van der Waals surface area contributed by atoms with E-state index in [9.17, 15) is 4.79 Å². The number of amides is 1. The Morgan fingerprint density at radius 3 is 2.58 bits per heavy atom. The minimum Gasteiger partial charge on any atom is -0.493 e. The lowest BCUT2D eigenvalue weighted by atomic mass is 10.1. The third-order valence-electron chi connectivity index (χ3n) is 5.06. The maximum absolute atomic E-state index is 13.3. The molecule has 3 aromatic rings. The first-order valence-corrected chi connectivity index (χ1v) is 12.9. The van der Waals surface area contributed by atoms with E-state index in [0.717, 1.165) is 15.6 Å². The van der Waals surface area contributed by atoms with Crippen LogP contribution in [0, 0.1) is 5.92 Å². The molecule has 1 amide bonds. The summed E-state index contributed by atoms with van der Waals surface area (Å²) < 4.78 is 17.8. The van der Waals surface area contributed by atoms with Crippen molar-refractivity contribution >= 4 is 51.1 Å². The summed E-state index contributed by atoms with van der Waals surface area (Å²) in [6.07, 6.45) is 5.05. The molecule has 0 bridgehead atoms. The third-order valence-corrected chi connectivity index (χ3v) is 6.59. The molecule has 9 heteroatoms. The van der Waals surface area contributed by atoms with Gasteiger partial charge in [0.2, 0.25) is 0 Å². The van der Waals surface area contributed by atoms with Gasteiger partial charge in [-0.1, -0.05) is 48.0 Å². The number of hydrogen-bond donors (Lipinski definition) is 0. The highest BCUT2D eigenvalue weighted by Crippen LogP contribution is 2.35. The Balaban J connectivity index is 1.59. The molecule has 1 fully saturated rings. The molecule has 186 valence electrons. The van der Waals surface area contributed by atoms with Crippen LogP contribution in [0.4, 0.5) is 0 Å². The summed E-state index contributed by atoms with van der Waals surface area (Å²) >= 11 is 4.69. The van der Waals surface area contributed by atoms with Crippen LogP contribution < -0.4 is 9.47 Å². The predicted octanol–water partition coefficient (Wildman–Crippen LogP) is 6.59. The number of amidine groups is 1. The van der Waals surface area contributed by atoms with Crippen molar-refractivity contribution in [2.24, 2.45) is 16.1 Å². The number of thioether (sulfide) groups is 1. The van der Waals surface area contributed by atoms with Crippen molar-refractivity contribution in [2.75, 3.05) is 13.7 Å². The molecule has 36 heavy (non-hydrogen) atoms. The Hall–Kier alpha value is -3.30. The van der Waals surface area contributed by atoms with Crippen LogP contribution in [-0.2, 0) is 11.3 Å². The molecular formula is C27H26BrN3O4S. The molecule has 0 aliphatic carbocycles. The molecule has 0 radical (unpaired) electrons. The van der Waals surface area contributed by atoms with Gasteiger partial charge in [0.1, 0.15) is 5.76 Å². The van der Waals surface area contributed by atoms with Gasteiger partial charge in [-0.3, -0.25) is 9.69 Å². The van der Waals surface area contributed by atoms with E-state index in [1.807, 2.05) is 54.6 Å². The minimum atomic E-state index is -0.173. The van der Waals surface area contributed by atoms with Crippen molar-refractivity contribution in [3.05, 3.63) is 87.1 Å². The standard InChI is InChI=1S/C27H26BrN3O4S/c1-18(2)17-35-23-11-8-20(13-24(23)33-3)14-25-26(32)31(16-22-5-4-12-34-22)27(36-25)30-29-15-19-6-9-21(28)10-7-19/h4-15,18H,16-17H2,1-3H3/b25-14-,29-15+,30-27-. The molecule has 7 nitrogen and oxygen atoms in total. The van der Waals surface area contributed by atoms with E-state index in [4.69, 9.17) is 13.9 Å². The number of furan rings is 1. The van der Waals surface area contributed by atoms with E-state index in [1.165, 1.54) is 11.8 Å². The number of carbonyl (C=O) groups excluding carboxylic acids is 1. The second kappa shape index (κ2) is 12.1. The Kier molecular flexibility index (Phi) is 8.66. The van der Waals surface area contributed by atoms with E-state index in [-0.39, 0.29) is 12.5 Å². The summed E-state index contributed by atoms with van der Waals surface area (Å²) in [5.41, 5.74) is 1.72. The highest BCUT2D eigenvalue weighted by molar-refractivity contribution is 9.10.